The number of nitrogens with zero attached hydrogens (tertiary/aromatic N) is 2. The molecule has 1 heterocycles. The number of carbonyl (C=O) groups is 2. The number of methoxy groups -OCH3 is 2. The summed E-state index contributed by atoms with van der Waals surface area (Å²) in [5, 5.41) is 8.97. The van der Waals surface area contributed by atoms with Gasteiger partial charge in [0, 0.05) is 19.0 Å². The van der Waals surface area contributed by atoms with Crippen LogP contribution in [-0.2, 0) is 27.3 Å². The summed E-state index contributed by atoms with van der Waals surface area (Å²) in [6.07, 6.45) is 0.398. The molecule has 0 saturated heterocycles. The van der Waals surface area contributed by atoms with Crippen LogP contribution < -0.4 is 9.47 Å². The molecule has 0 unspecified atom stereocenters. The van der Waals surface area contributed by atoms with Gasteiger partial charge in [-0.1, -0.05) is 24.3 Å². The molecule has 0 N–H and O–H groups in total. The number of fused-ring (bicyclic) bond motifs is 1. The summed E-state index contributed by atoms with van der Waals surface area (Å²) >= 11 is 0. The van der Waals surface area contributed by atoms with Gasteiger partial charge in [-0.25, -0.2) is 4.79 Å². The third kappa shape index (κ3) is 3.91. The lowest BCUT2D eigenvalue weighted by atomic mass is 9.94. The summed E-state index contributed by atoms with van der Waals surface area (Å²) in [5.74, 6) is -0.0858. The lowest BCUT2D eigenvalue weighted by molar-refractivity contribution is -0.154. The molecule has 7 nitrogen and oxygen atoms in total. The summed E-state index contributed by atoms with van der Waals surface area (Å²) in [7, 11) is 2.77. The molecule has 0 spiro atoms. The van der Waals surface area contributed by atoms with Gasteiger partial charge in [-0.05, 0) is 23.3 Å². The van der Waals surface area contributed by atoms with E-state index in [0.717, 1.165) is 11.1 Å². The number of hydrogen-bond acceptors (Lipinski definition) is 6. The number of nitriles is 1. The third-order valence-corrected chi connectivity index (χ3v) is 4.69. The molecule has 1 atom stereocenters. The van der Waals surface area contributed by atoms with E-state index in [2.05, 4.69) is 0 Å². The lowest BCUT2D eigenvalue weighted by Crippen LogP contribution is -2.50. The number of hydrogen-bond donors (Lipinski definition) is 0. The molecular formula is C21H20N2O5. The second kappa shape index (κ2) is 8.44. The number of carbonyl (C=O) groups excluding carboxylic acids is 2. The van der Waals surface area contributed by atoms with Crippen molar-refractivity contribution < 1.29 is 23.8 Å². The average Bonchev–Trinajstić information content (AvgIpc) is 2.75. The van der Waals surface area contributed by atoms with Gasteiger partial charge in [-0.2, -0.15) is 5.26 Å². The first kappa shape index (κ1) is 19.2. The zero-order valence-electron chi connectivity index (χ0n) is 15.7. The second-order valence-corrected chi connectivity index (χ2v) is 6.30. The Bertz CT molecular complexity index is 935. The molecule has 0 aliphatic carbocycles. The fourth-order valence-corrected chi connectivity index (χ4v) is 3.21. The summed E-state index contributed by atoms with van der Waals surface area (Å²) in [4.78, 5) is 26.5. The largest absolute Gasteiger partial charge is 0.493 e. The Morgan fingerprint density at radius 1 is 1.14 bits per heavy atom. The van der Waals surface area contributed by atoms with E-state index < -0.39 is 12.0 Å². The van der Waals surface area contributed by atoms with Gasteiger partial charge in [0.25, 0.3) is 5.91 Å². The van der Waals surface area contributed by atoms with Crippen molar-refractivity contribution in [1.29, 1.82) is 5.26 Å². The van der Waals surface area contributed by atoms with E-state index in [9.17, 15) is 9.59 Å². The maximum atomic E-state index is 12.8. The second-order valence-electron chi connectivity index (χ2n) is 6.30. The van der Waals surface area contributed by atoms with Crippen LogP contribution in [0.3, 0.4) is 0 Å². The Morgan fingerprint density at radius 2 is 1.89 bits per heavy atom. The monoisotopic (exact) mass is 380 g/mol. The fraction of sp³-hybridized carbons (Fsp3) is 0.286. The van der Waals surface area contributed by atoms with Crippen molar-refractivity contribution in [2.75, 3.05) is 20.8 Å². The Labute approximate surface area is 163 Å². The summed E-state index contributed by atoms with van der Waals surface area (Å²) in [5.41, 5.74) is 2.44. The first-order valence-corrected chi connectivity index (χ1v) is 8.72. The Kier molecular flexibility index (Phi) is 5.80. The number of rotatable bonds is 5. The fourth-order valence-electron chi connectivity index (χ4n) is 3.21. The summed E-state index contributed by atoms with van der Waals surface area (Å²) < 4.78 is 15.7. The van der Waals surface area contributed by atoms with Crippen molar-refractivity contribution in [2.45, 2.75) is 19.0 Å². The number of amides is 1. The summed E-state index contributed by atoms with van der Waals surface area (Å²) in [6.45, 7) is 0.0422. The predicted molar refractivity (Wildman–Crippen MR) is 99.7 cm³/mol. The Morgan fingerprint density at radius 3 is 2.57 bits per heavy atom. The van der Waals surface area contributed by atoms with E-state index in [-0.39, 0.29) is 12.5 Å². The molecule has 2 aromatic rings. The third-order valence-electron chi connectivity index (χ3n) is 4.69. The van der Waals surface area contributed by atoms with Gasteiger partial charge < -0.3 is 19.1 Å². The van der Waals surface area contributed by atoms with Crippen molar-refractivity contribution in [3.05, 3.63) is 59.2 Å². The minimum absolute atomic E-state index is 0.266. The van der Waals surface area contributed by atoms with E-state index in [1.165, 1.54) is 25.2 Å². The molecule has 2 aromatic carbocycles. The van der Waals surface area contributed by atoms with E-state index in [4.69, 9.17) is 19.5 Å². The molecule has 1 aliphatic heterocycles. The molecule has 28 heavy (non-hydrogen) atoms. The molecule has 0 saturated carbocycles. The topological polar surface area (TPSA) is 88.9 Å². The smallest absolute Gasteiger partial charge is 0.328 e. The van der Waals surface area contributed by atoms with Gasteiger partial charge in [-0.3, -0.25) is 4.79 Å². The molecule has 1 amide bonds. The standard InChI is InChI=1S/C21H20N2O5/c1-26-19-9-14(11-22)7-8-18(19)28-13-20(24)23-12-16-6-4-3-5-15(16)10-17(23)21(25)27-2/h3-9,17H,10,12-13H2,1-2H3/t17-/m0/s1. The quantitative estimate of drug-likeness (QED) is 0.738. The van der Waals surface area contributed by atoms with Crippen molar-refractivity contribution in [3.8, 4) is 17.6 Å². The van der Waals surface area contributed by atoms with Gasteiger partial charge in [0.15, 0.2) is 18.1 Å². The minimum Gasteiger partial charge on any atom is -0.493 e. The SMILES string of the molecule is COC(=O)[C@@H]1Cc2ccccc2CN1C(=O)COc1ccc(C#N)cc1OC. The Balaban J connectivity index is 1.77. The average molecular weight is 380 g/mol. The van der Waals surface area contributed by atoms with Crippen LogP contribution in [0, 0.1) is 11.3 Å². The van der Waals surface area contributed by atoms with Crippen LogP contribution in [0.1, 0.15) is 16.7 Å². The maximum Gasteiger partial charge on any atom is 0.328 e. The highest BCUT2D eigenvalue weighted by atomic mass is 16.5. The van der Waals surface area contributed by atoms with Crippen molar-refractivity contribution in [2.24, 2.45) is 0 Å². The van der Waals surface area contributed by atoms with E-state index in [0.29, 0.717) is 30.0 Å². The van der Waals surface area contributed by atoms with Crippen LogP contribution >= 0.6 is 0 Å². The van der Waals surface area contributed by atoms with Crippen LogP contribution in [0.5, 0.6) is 11.5 Å². The Hall–Kier alpha value is -3.53. The van der Waals surface area contributed by atoms with Gasteiger partial charge in [-0.15, -0.1) is 0 Å². The van der Waals surface area contributed by atoms with E-state index in [1.807, 2.05) is 30.3 Å². The molecule has 1 aliphatic rings. The van der Waals surface area contributed by atoms with E-state index >= 15 is 0 Å². The first-order valence-electron chi connectivity index (χ1n) is 8.72. The van der Waals surface area contributed by atoms with Crippen molar-refractivity contribution in [3.63, 3.8) is 0 Å². The van der Waals surface area contributed by atoms with Crippen LogP contribution in [-0.4, -0.2) is 43.6 Å². The van der Waals surface area contributed by atoms with Gasteiger partial charge >= 0.3 is 5.97 Å². The molecule has 0 aromatic heterocycles. The normalized spacial score (nSPS) is 15.2. The van der Waals surface area contributed by atoms with Crippen LogP contribution in [0.4, 0.5) is 0 Å². The van der Waals surface area contributed by atoms with Crippen LogP contribution in [0.2, 0.25) is 0 Å². The van der Waals surface area contributed by atoms with Gasteiger partial charge in [0.05, 0.1) is 25.9 Å². The molecule has 144 valence electrons. The van der Waals surface area contributed by atoms with Crippen molar-refractivity contribution in [1.82, 2.24) is 4.90 Å². The molecule has 3 rings (SSSR count). The summed E-state index contributed by atoms with van der Waals surface area (Å²) in [6, 6.07) is 13.7. The highest BCUT2D eigenvalue weighted by Gasteiger charge is 2.35. The highest BCUT2D eigenvalue weighted by molar-refractivity contribution is 5.86. The lowest BCUT2D eigenvalue weighted by Gasteiger charge is -2.35. The number of benzene rings is 2. The van der Waals surface area contributed by atoms with Gasteiger partial charge in [0.2, 0.25) is 0 Å². The maximum absolute atomic E-state index is 12.8. The minimum atomic E-state index is -0.695. The number of ether oxygens (including phenoxy) is 3. The molecule has 0 fully saturated rings. The number of esters is 1. The zero-order valence-corrected chi connectivity index (χ0v) is 15.7. The van der Waals surface area contributed by atoms with E-state index in [1.54, 1.807) is 12.1 Å². The zero-order chi connectivity index (χ0) is 20.1. The molecular weight excluding hydrogens is 360 g/mol. The molecule has 0 radical (unpaired) electrons. The van der Waals surface area contributed by atoms with Gasteiger partial charge in [0.1, 0.15) is 6.04 Å². The van der Waals surface area contributed by atoms with Crippen molar-refractivity contribution >= 4 is 11.9 Å². The molecule has 7 heteroatoms. The highest BCUT2D eigenvalue weighted by Crippen LogP contribution is 2.29. The van der Waals surface area contributed by atoms with Crippen LogP contribution in [0.15, 0.2) is 42.5 Å². The first-order chi connectivity index (χ1) is 13.6. The predicted octanol–water partition coefficient (Wildman–Crippen LogP) is 2.07. The van der Waals surface area contributed by atoms with Crippen LogP contribution in [0.25, 0.3) is 0 Å². The molecule has 0 bridgehead atoms.